The first kappa shape index (κ1) is 15.3. The van der Waals surface area contributed by atoms with Crippen LogP contribution in [0.5, 0.6) is 0 Å². The highest BCUT2D eigenvalue weighted by Crippen LogP contribution is 2.17. The Morgan fingerprint density at radius 3 is 2.91 bits per heavy atom. The molecule has 120 valence electrons. The SMILES string of the molecule is CN(C)C(CNC(=O)Cc1cn2ccccc2n1)c1ccco1. The quantitative estimate of drug-likeness (QED) is 0.755. The molecule has 3 aromatic heterocycles. The van der Waals surface area contributed by atoms with E-state index in [1.165, 1.54) is 0 Å². The maximum absolute atomic E-state index is 12.2. The number of rotatable bonds is 6. The summed E-state index contributed by atoms with van der Waals surface area (Å²) in [5.74, 6) is 0.787. The number of hydrogen-bond acceptors (Lipinski definition) is 4. The van der Waals surface area contributed by atoms with Crippen LogP contribution in [-0.4, -0.2) is 40.8 Å². The first-order valence-electron chi connectivity index (χ1n) is 7.52. The number of hydrogen-bond donors (Lipinski definition) is 1. The molecule has 3 heterocycles. The molecule has 1 N–H and O–H groups in total. The first-order valence-corrected chi connectivity index (χ1v) is 7.52. The van der Waals surface area contributed by atoms with Crippen molar-refractivity contribution >= 4 is 11.6 Å². The third kappa shape index (κ3) is 3.60. The van der Waals surface area contributed by atoms with Crippen molar-refractivity contribution in [3.05, 3.63) is 60.4 Å². The van der Waals surface area contributed by atoms with E-state index in [9.17, 15) is 4.79 Å². The van der Waals surface area contributed by atoms with Crippen LogP contribution < -0.4 is 5.32 Å². The molecular weight excluding hydrogens is 292 g/mol. The average molecular weight is 312 g/mol. The van der Waals surface area contributed by atoms with Gasteiger partial charge >= 0.3 is 0 Å². The summed E-state index contributed by atoms with van der Waals surface area (Å²) in [6.45, 7) is 0.493. The van der Waals surface area contributed by atoms with Gasteiger partial charge in [0.2, 0.25) is 5.91 Å². The number of imidazole rings is 1. The monoisotopic (exact) mass is 312 g/mol. The third-order valence-electron chi connectivity index (χ3n) is 3.74. The van der Waals surface area contributed by atoms with Crippen LogP contribution in [-0.2, 0) is 11.2 Å². The molecule has 0 saturated carbocycles. The molecule has 6 heteroatoms. The van der Waals surface area contributed by atoms with Gasteiger partial charge < -0.3 is 14.1 Å². The molecule has 0 aromatic carbocycles. The van der Waals surface area contributed by atoms with Gasteiger partial charge in [0.1, 0.15) is 11.4 Å². The zero-order chi connectivity index (χ0) is 16.2. The summed E-state index contributed by atoms with van der Waals surface area (Å²) in [6.07, 6.45) is 5.71. The molecule has 0 aliphatic rings. The smallest absolute Gasteiger partial charge is 0.226 e. The number of likely N-dealkylation sites (N-methyl/N-ethyl adjacent to an activating group) is 1. The van der Waals surface area contributed by atoms with Gasteiger partial charge in [0, 0.05) is 18.9 Å². The van der Waals surface area contributed by atoms with Crippen LogP contribution in [0, 0.1) is 0 Å². The van der Waals surface area contributed by atoms with Crippen LogP contribution in [0.4, 0.5) is 0 Å². The van der Waals surface area contributed by atoms with E-state index >= 15 is 0 Å². The number of furan rings is 1. The highest BCUT2D eigenvalue weighted by atomic mass is 16.3. The second-order valence-electron chi connectivity index (χ2n) is 5.67. The van der Waals surface area contributed by atoms with Crippen molar-refractivity contribution in [3.63, 3.8) is 0 Å². The summed E-state index contributed by atoms with van der Waals surface area (Å²) < 4.78 is 7.35. The Morgan fingerprint density at radius 2 is 2.22 bits per heavy atom. The van der Waals surface area contributed by atoms with Crippen LogP contribution in [0.1, 0.15) is 17.5 Å². The third-order valence-corrected chi connectivity index (χ3v) is 3.74. The van der Waals surface area contributed by atoms with Crippen molar-refractivity contribution in [1.29, 1.82) is 0 Å². The molecule has 23 heavy (non-hydrogen) atoms. The molecule has 0 spiro atoms. The molecular formula is C17H20N4O2. The van der Waals surface area contributed by atoms with Gasteiger partial charge in [-0.15, -0.1) is 0 Å². The molecule has 0 saturated heterocycles. The number of nitrogens with one attached hydrogen (secondary N) is 1. The van der Waals surface area contributed by atoms with Crippen molar-refractivity contribution < 1.29 is 9.21 Å². The lowest BCUT2D eigenvalue weighted by Gasteiger charge is -2.22. The topological polar surface area (TPSA) is 62.8 Å². The number of amides is 1. The molecule has 0 aliphatic carbocycles. The Bertz CT molecular complexity index is 744. The van der Waals surface area contributed by atoms with Crippen molar-refractivity contribution in [2.75, 3.05) is 20.6 Å². The molecule has 0 bridgehead atoms. The molecule has 1 amide bonds. The summed E-state index contributed by atoms with van der Waals surface area (Å²) in [4.78, 5) is 18.6. The molecule has 6 nitrogen and oxygen atoms in total. The molecule has 3 rings (SSSR count). The Kier molecular flexibility index (Phi) is 4.43. The van der Waals surface area contributed by atoms with E-state index < -0.39 is 0 Å². The van der Waals surface area contributed by atoms with Crippen LogP contribution in [0.15, 0.2) is 53.4 Å². The van der Waals surface area contributed by atoms with Gasteiger partial charge in [-0.2, -0.15) is 0 Å². The van der Waals surface area contributed by atoms with Gasteiger partial charge in [-0.05, 0) is 38.4 Å². The Morgan fingerprint density at radius 1 is 1.35 bits per heavy atom. The van der Waals surface area contributed by atoms with Gasteiger partial charge in [-0.3, -0.25) is 9.69 Å². The molecule has 1 atom stereocenters. The minimum Gasteiger partial charge on any atom is -0.468 e. The fraction of sp³-hybridized carbons (Fsp3) is 0.294. The Balaban J connectivity index is 1.60. The minimum absolute atomic E-state index is 0.00928. The number of carbonyl (C=O) groups excluding carboxylic acids is 1. The maximum atomic E-state index is 12.2. The van der Waals surface area contributed by atoms with E-state index in [-0.39, 0.29) is 18.4 Å². The van der Waals surface area contributed by atoms with Crippen LogP contribution >= 0.6 is 0 Å². The van der Waals surface area contributed by atoms with Crippen LogP contribution in [0.2, 0.25) is 0 Å². The zero-order valence-corrected chi connectivity index (χ0v) is 13.3. The predicted octanol–water partition coefficient (Wildman–Crippen LogP) is 1.89. The van der Waals surface area contributed by atoms with Gasteiger partial charge in [-0.25, -0.2) is 4.98 Å². The predicted molar refractivity (Wildman–Crippen MR) is 87.0 cm³/mol. The summed E-state index contributed by atoms with van der Waals surface area (Å²) in [6, 6.07) is 9.56. The largest absolute Gasteiger partial charge is 0.468 e. The fourth-order valence-electron chi connectivity index (χ4n) is 2.53. The lowest BCUT2D eigenvalue weighted by Crippen LogP contribution is -2.35. The maximum Gasteiger partial charge on any atom is 0.226 e. The van der Waals surface area contributed by atoms with Crippen molar-refractivity contribution in [1.82, 2.24) is 19.6 Å². The van der Waals surface area contributed by atoms with Crippen molar-refractivity contribution in [3.8, 4) is 0 Å². The summed E-state index contributed by atoms with van der Waals surface area (Å²) in [5, 5.41) is 2.96. The Labute approximate surface area is 134 Å². The van der Waals surface area contributed by atoms with E-state index in [4.69, 9.17) is 4.42 Å². The van der Waals surface area contributed by atoms with E-state index in [1.807, 2.05) is 66.1 Å². The summed E-state index contributed by atoms with van der Waals surface area (Å²) in [7, 11) is 3.92. The zero-order valence-electron chi connectivity index (χ0n) is 13.3. The van der Waals surface area contributed by atoms with Gasteiger partial charge in [0.05, 0.1) is 24.4 Å². The lowest BCUT2D eigenvalue weighted by atomic mass is 10.2. The number of carbonyl (C=O) groups is 1. The summed E-state index contributed by atoms with van der Waals surface area (Å²) >= 11 is 0. The second-order valence-corrected chi connectivity index (χ2v) is 5.67. The van der Waals surface area contributed by atoms with Crippen molar-refractivity contribution in [2.24, 2.45) is 0 Å². The van der Waals surface area contributed by atoms with Gasteiger partial charge in [0.25, 0.3) is 0 Å². The normalized spacial score (nSPS) is 12.7. The highest BCUT2D eigenvalue weighted by Gasteiger charge is 2.18. The van der Waals surface area contributed by atoms with E-state index in [0.717, 1.165) is 17.1 Å². The molecule has 0 aliphatic heterocycles. The van der Waals surface area contributed by atoms with Gasteiger partial charge in [-0.1, -0.05) is 6.07 Å². The number of pyridine rings is 1. The van der Waals surface area contributed by atoms with E-state index in [1.54, 1.807) is 6.26 Å². The summed E-state index contributed by atoms with van der Waals surface area (Å²) in [5.41, 5.74) is 1.60. The lowest BCUT2D eigenvalue weighted by molar-refractivity contribution is -0.120. The van der Waals surface area contributed by atoms with Crippen LogP contribution in [0.25, 0.3) is 5.65 Å². The van der Waals surface area contributed by atoms with Gasteiger partial charge in [0.15, 0.2) is 0 Å². The standard InChI is InChI=1S/C17H20N4O2/c1-20(2)14(15-6-5-9-23-15)11-18-17(22)10-13-12-21-8-4-3-7-16(21)19-13/h3-9,12,14H,10-11H2,1-2H3,(H,18,22). The first-order chi connectivity index (χ1) is 11.1. The number of fused-ring (bicyclic) bond motifs is 1. The average Bonchev–Trinajstić information content (AvgIpc) is 3.15. The fourth-order valence-corrected chi connectivity index (χ4v) is 2.53. The van der Waals surface area contributed by atoms with E-state index in [0.29, 0.717) is 6.54 Å². The van der Waals surface area contributed by atoms with E-state index in [2.05, 4.69) is 10.3 Å². The molecule has 0 radical (unpaired) electrons. The Hall–Kier alpha value is -2.60. The van der Waals surface area contributed by atoms with Crippen LogP contribution in [0.3, 0.4) is 0 Å². The second kappa shape index (κ2) is 6.66. The molecule has 0 fully saturated rings. The van der Waals surface area contributed by atoms with Crippen molar-refractivity contribution in [2.45, 2.75) is 12.5 Å². The molecule has 3 aromatic rings. The minimum atomic E-state index is -0.0492. The number of nitrogens with zero attached hydrogens (tertiary/aromatic N) is 3. The molecule has 1 unspecified atom stereocenters. The number of aromatic nitrogens is 2. The highest BCUT2D eigenvalue weighted by molar-refractivity contribution is 5.78.